The number of benzene rings is 1. The van der Waals surface area contributed by atoms with Crippen LogP contribution in [0.15, 0.2) is 34.7 Å². The highest BCUT2D eigenvalue weighted by atomic mass is 127. The molecule has 2 heterocycles. The molecule has 0 spiro atoms. The van der Waals surface area contributed by atoms with Crippen LogP contribution in [0.4, 0.5) is 4.39 Å². The summed E-state index contributed by atoms with van der Waals surface area (Å²) in [6.45, 7) is 0.190. The third-order valence-corrected chi connectivity index (χ3v) is 6.74. The molecule has 3 rings (SSSR count). The third-order valence-electron chi connectivity index (χ3n) is 5.07. The number of hydrogen-bond acceptors (Lipinski definition) is 7. The van der Waals surface area contributed by atoms with Gasteiger partial charge in [0.15, 0.2) is 0 Å². The number of halogens is 2. The molecule has 34 heavy (non-hydrogen) atoms. The van der Waals surface area contributed by atoms with E-state index in [2.05, 4.69) is 15.0 Å². The van der Waals surface area contributed by atoms with E-state index >= 15 is 0 Å². The Morgan fingerprint density at radius 3 is 2.62 bits per heavy atom. The Morgan fingerprint density at radius 2 is 2.00 bits per heavy atom. The second-order valence-electron chi connectivity index (χ2n) is 7.28. The van der Waals surface area contributed by atoms with E-state index in [0.29, 0.717) is 33.1 Å². The Balaban J connectivity index is 1.92. The maximum absolute atomic E-state index is 13.4. The summed E-state index contributed by atoms with van der Waals surface area (Å²) in [4.78, 5) is 28.4. The van der Waals surface area contributed by atoms with Gasteiger partial charge in [-0.1, -0.05) is 0 Å². The monoisotopic (exact) mass is 602 g/mol. The first kappa shape index (κ1) is 26.2. The van der Waals surface area contributed by atoms with E-state index in [1.54, 1.807) is 6.07 Å². The molecule has 1 amide bonds. The summed E-state index contributed by atoms with van der Waals surface area (Å²) < 4.78 is 49.3. The van der Waals surface area contributed by atoms with Crippen LogP contribution in [0.3, 0.4) is 0 Å². The number of ether oxygens (including phenoxy) is 1. The summed E-state index contributed by atoms with van der Waals surface area (Å²) in [5.74, 6) is -0.926. The van der Waals surface area contributed by atoms with Crippen molar-refractivity contribution in [2.24, 2.45) is 0 Å². The first-order valence-electron chi connectivity index (χ1n) is 10.3. The van der Waals surface area contributed by atoms with Gasteiger partial charge >= 0.3 is 5.97 Å². The van der Waals surface area contributed by atoms with Gasteiger partial charge in [-0.2, -0.15) is 0 Å². The van der Waals surface area contributed by atoms with E-state index in [9.17, 15) is 22.7 Å². The number of nitrogens with one attached hydrogen (secondary N) is 1. The first-order chi connectivity index (χ1) is 16.2. The third kappa shape index (κ3) is 6.17. The number of esters is 1. The van der Waals surface area contributed by atoms with Gasteiger partial charge in [-0.05, 0) is 65.8 Å². The van der Waals surface area contributed by atoms with Gasteiger partial charge in [-0.15, -0.1) is 0 Å². The van der Waals surface area contributed by atoms with Crippen LogP contribution >= 0.6 is 22.6 Å². The molecular formula is C22H22FIN3O6S-. The number of amides is 1. The number of carbonyl (C=O) groups excluding carboxylic acids is 2. The van der Waals surface area contributed by atoms with Crippen molar-refractivity contribution in [3.63, 3.8) is 0 Å². The molecule has 1 N–H and O–H groups in total. The zero-order valence-corrected chi connectivity index (χ0v) is 21.4. The molecular weight excluding hydrogens is 580 g/mol. The number of aromatic nitrogens is 1. The number of hydrogen-bond donors (Lipinski definition) is 1. The molecule has 3 aromatic rings. The number of furan rings is 1. The molecule has 0 saturated carbocycles. The Hall–Kier alpha value is -2.42. The summed E-state index contributed by atoms with van der Waals surface area (Å²) in [6, 6.07) is 7.24. The zero-order chi connectivity index (χ0) is 24.8. The molecule has 0 saturated heterocycles. The minimum Gasteiger partial charge on any atom is -0.760 e. The number of rotatable bonds is 10. The first-order valence-corrected chi connectivity index (χ1v) is 12.4. The van der Waals surface area contributed by atoms with Gasteiger partial charge in [-0.3, -0.25) is 13.8 Å². The maximum Gasteiger partial charge on any atom is 0.305 e. The van der Waals surface area contributed by atoms with Crippen LogP contribution in [0.5, 0.6) is 0 Å². The fourth-order valence-corrected chi connectivity index (χ4v) is 4.44. The van der Waals surface area contributed by atoms with E-state index < -0.39 is 23.0 Å². The van der Waals surface area contributed by atoms with Crippen LogP contribution in [0.1, 0.15) is 35.3 Å². The van der Waals surface area contributed by atoms with Crippen LogP contribution in [0.2, 0.25) is 0 Å². The Kier molecular flexibility index (Phi) is 9.10. The molecule has 2 aromatic heterocycles. The van der Waals surface area contributed by atoms with Crippen molar-refractivity contribution >= 4 is 56.8 Å². The summed E-state index contributed by atoms with van der Waals surface area (Å²) in [5, 5.41) is 3.04. The standard InChI is InChI=1S/C22H23FIN3O6S/c1-25-21(29)19-15-11-16(24)17(12-27(34(30)31)10-4-3-5-18(28)32-2)26-22(15)33-20(19)13-6-8-14(23)9-7-13/h6-9,11H,3-5,10,12H2,1-2H3,(H,25,29)(H,30,31)/p-1. The predicted molar refractivity (Wildman–Crippen MR) is 131 cm³/mol. The van der Waals surface area contributed by atoms with Gasteiger partial charge in [0.1, 0.15) is 11.6 Å². The van der Waals surface area contributed by atoms with E-state index in [-0.39, 0.29) is 42.5 Å². The van der Waals surface area contributed by atoms with Crippen molar-refractivity contribution < 1.29 is 31.9 Å². The SMILES string of the molecule is CNC(=O)c1c(-c2ccc(F)cc2)oc2nc(CN(CCCCC(=O)OC)S(=O)[O-])c(I)cc12. The van der Waals surface area contributed by atoms with Crippen molar-refractivity contribution in [2.75, 3.05) is 20.7 Å². The fraction of sp³-hybridized carbons (Fsp3) is 0.318. The molecule has 1 unspecified atom stereocenters. The van der Waals surface area contributed by atoms with Gasteiger partial charge in [0.25, 0.3) is 5.91 Å². The second-order valence-corrected chi connectivity index (χ2v) is 9.39. The molecule has 0 aliphatic rings. The lowest BCUT2D eigenvalue weighted by Gasteiger charge is -2.24. The van der Waals surface area contributed by atoms with Gasteiger partial charge in [-0.25, -0.2) is 13.7 Å². The normalized spacial score (nSPS) is 12.2. The van der Waals surface area contributed by atoms with Crippen molar-refractivity contribution in [3.05, 3.63) is 51.0 Å². The van der Waals surface area contributed by atoms with Crippen LogP contribution in [-0.4, -0.2) is 50.6 Å². The predicted octanol–water partition coefficient (Wildman–Crippen LogP) is 3.54. The zero-order valence-electron chi connectivity index (χ0n) is 18.4. The summed E-state index contributed by atoms with van der Waals surface area (Å²) in [7, 11) is 2.79. The summed E-state index contributed by atoms with van der Waals surface area (Å²) in [5.41, 5.74) is 1.37. The van der Waals surface area contributed by atoms with Gasteiger partial charge in [0.2, 0.25) is 5.71 Å². The van der Waals surface area contributed by atoms with Gasteiger partial charge in [0.05, 0.1) is 30.3 Å². The molecule has 9 nitrogen and oxygen atoms in total. The highest BCUT2D eigenvalue weighted by Gasteiger charge is 2.24. The smallest absolute Gasteiger partial charge is 0.305 e. The number of pyridine rings is 1. The minimum absolute atomic E-state index is 0.00949. The molecule has 182 valence electrons. The molecule has 1 atom stereocenters. The Morgan fingerprint density at radius 1 is 1.29 bits per heavy atom. The van der Waals surface area contributed by atoms with Gasteiger partial charge in [0, 0.05) is 40.4 Å². The van der Waals surface area contributed by atoms with Crippen LogP contribution < -0.4 is 5.32 Å². The lowest BCUT2D eigenvalue weighted by Crippen LogP contribution is -2.27. The van der Waals surface area contributed by atoms with Crippen molar-refractivity contribution in [1.82, 2.24) is 14.6 Å². The van der Waals surface area contributed by atoms with Crippen molar-refractivity contribution in [1.29, 1.82) is 0 Å². The summed E-state index contributed by atoms with van der Waals surface area (Å²) >= 11 is -0.478. The topological polar surface area (TPSA) is 125 Å². The van der Waals surface area contributed by atoms with E-state index in [1.165, 1.54) is 42.7 Å². The highest BCUT2D eigenvalue weighted by molar-refractivity contribution is 14.1. The highest BCUT2D eigenvalue weighted by Crippen LogP contribution is 2.34. The Bertz CT molecular complexity index is 1220. The lowest BCUT2D eigenvalue weighted by molar-refractivity contribution is -0.140. The quantitative estimate of drug-likeness (QED) is 0.163. The maximum atomic E-state index is 13.4. The second kappa shape index (κ2) is 11.8. The van der Waals surface area contributed by atoms with Gasteiger partial charge < -0.3 is 19.0 Å². The largest absolute Gasteiger partial charge is 0.760 e. The Labute approximate surface area is 211 Å². The van der Waals surface area contributed by atoms with E-state index in [4.69, 9.17) is 4.42 Å². The molecule has 0 aliphatic heterocycles. The molecule has 0 radical (unpaired) electrons. The fourth-order valence-electron chi connectivity index (χ4n) is 3.33. The number of fused-ring (bicyclic) bond motifs is 1. The number of methoxy groups -OCH3 is 1. The van der Waals surface area contributed by atoms with Crippen LogP contribution in [0.25, 0.3) is 22.4 Å². The van der Waals surface area contributed by atoms with Crippen LogP contribution in [0, 0.1) is 9.39 Å². The number of nitrogens with zero attached hydrogens (tertiary/aromatic N) is 2. The lowest BCUT2D eigenvalue weighted by atomic mass is 10.1. The average Bonchev–Trinajstić information content (AvgIpc) is 3.18. The molecule has 0 aliphatic carbocycles. The molecule has 12 heteroatoms. The summed E-state index contributed by atoms with van der Waals surface area (Å²) in [6.07, 6.45) is 1.16. The van der Waals surface area contributed by atoms with Crippen molar-refractivity contribution in [2.45, 2.75) is 25.8 Å². The molecule has 0 bridgehead atoms. The minimum atomic E-state index is -2.51. The number of carbonyl (C=O) groups is 2. The van der Waals surface area contributed by atoms with E-state index in [0.717, 1.165) is 0 Å². The average molecular weight is 602 g/mol. The van der Waals surface area contributed by atoms with Crippen molar-refractivity contribution in [3.8, 4) is 11.3 Å². The number of unbranched alkanes of at least 4 members (excludes halogenated alkanes) is 1. The molecule has 0 fully saturated rings. The molecule has 1 aromatic carbocycles. The van der Waals surface area contributed by atoms with Crippen LogP contribution in [-0.2, 0) is 27.3 Å². The van der Waals surface area contributed by atoms with E-state index in [1.807, 2.05) is 22.6 Å².